The van der Waals surface area contributed by atoms with Gasteiger partial charge in [-0.05, 0) is 36.2 Å². The van der Waals surface area contributed by atoms with Gasteiger partial charge in [0.2, 0.25) is 5.88 Å². The number of hydrogen-bond acceptors (Lipinski definition) is 3. The average Bonchev–Trinajstić information content (AvgIpc) is 2.54. The second kappa shape index (κ2) is 7.55. The van der Waals surface area contributed by atoms with Gasteiger partial charge in [0.25, 0.3) is 5.91 Å². The van der Waals surface area contributed by atoms with E-state index in [2.05, 4.69) is 4.98 Å². The van der Waals surface area contributed by atoms with Crippen LogP contribution in [0.2, 0.25) is 0 Å². The van der Waals surface area contributed by atoms with Gasteiger partial charge in [-0.25, -0.2) is 4.98 Å². The van der Waals surface area contributed by atoms with Crippen LogP contribution >= 0.6 is 0 Å². The molecule has 0 fully saturated rings. The largest absolute Gasteiger partial charge is 0.439 e. The molecule has 0 radical (unpaired) electrons. The Labute approximate surface area is 144 Å². The molecule has 0 spiro atoms. The monoisotopic (exact) mass is 352 g/mol. The number of aromatic nitrogens is 1. The quantitative estimate of drug-likeness (QED) is 0.788. The van der Waals surface area contributed by atoms with Gasteiger partial charge in [-0.3, -0.25) is 4.79 Å². The van der Waals surface area contributed by atoms with E-state index in [4.69, 9.17) is 4.74 Å². The summed E-state index contributed by atoms with van der Waals surface area (Å²) in [5.74, 6) is 0.689. The maximum Gasteiger partial charge on any atom is 0.417 e. The molecule has 25 heavy (non-hydrogen) atoms. The van der Waals surface area contributed by atoms with E-state index in [1.54, 1.807) is 36.2 Å². The summed E-state index contributed by atoms with van der Waals surface area (Å²) in [6.45, 7) is 4.70. The number of alkyl halides is 3. The van der Waals surface area contributed by atoms with Crippen LogP contribution in [-0.2, 0) is 6.18 Å². The van der Waals surface area contributed by atoms with Crippen molar-refractivity contribution < 1.29 is 22.7 Å². The zero-order valence-electron chi connectivity index (χ0n) is 14.2. The first kappa shape index (κ1) is 18.8. The van der Waals surface area contributed by atoms with Gasteiger partial charge in [0, 0.05) is 31.4 Å². The van der Waals surface area contributed by atoms with E-state index >= 15 is 0 Å². The van der Waals surface area contributed by atoms with E-state index in [-0.39, 0.29) is 11.8 Å². The normalized spacial score (nSPS) is 11.5. The standard InChI is InChI=1S/C18H19F3N2O2/c1-12(2)11-23(3)17(24)13-4-7-15(8-5-13)25-16-9-6-14(10-22-16)18(19,20)21/h4-10,12H,11H2,1-3H3. The van der Waals surface area contributed by atoms with E-state index in [9.17, 15) is 18.0 Å². The Kier molecular flexibility index (Phi) is 5.66. The van der Waals surface area contributed by atoms with Crippen molar-refractivity contribution in [3.05, 3.63) is 53.7 Å². The molecule has 0 unspecified atom stereocenters. The Morgan fingerprint density at radius 3 is 2.28 bits per heavy atom. The fourth-order valence-electron chi connectivity index (χ4n) is 2.25. The highest BCUT2D eigenvalue weighted by Crippen LogP contribution is 2.30. The van der Waals surface area contributed by atoms with Gasteiger partial charge in [-0.2, -0.15) is 13.2 Å². The molecule has 0 bridgehead atoms. The molecular weight excluding hydrogens is 333 g/mol. The Balaban J connectivity index is 2.04. The third-order valence-electron chi connectivity index (χ3n) is 3.37. The molecule has 1 aromatic heterocycles. The predicted octanol–water partition coefficient (Wildman–Crippen LogP) is 4.62. The van der Waals surface area contributed by atoms with E-state index in [0.29, 0.717) is 30.0 Å². The number of rotatable bonds is 5. The Morgan fingerprint density at radius 2 is 1.80 bits per heavy atom. The van der Waals surface area contributed by atoms with Crippen LogP contribution in [0.4, 0.5) is 13.2 Å². The SMILES string of the molecule is CC(C)CN(C)C(=O)c1ccc(Oc2ccc(C(F)(F)F)cn2)cc1. The van der Waals surface area contributed by atoms with E-state index in [0.717, 1.165) is 12.1 Å². The van der Waals surface area contributed by atoms with Crippen molar-refractivity contribution in [2.45, 2.75) is 20.0 Å². The number of ether oxygens (including phenoxy) is 1. The first-order chi connectivity index (χ1) is 11.7. The molecule has 7 heteroatoms. The number of amides is 1. The second-order valence-electron chi connectivity index (χ2n) is 6.09. The summed E-state index contributed by atoms with van der Waals surface area (Å²) in [5, 5.41) is 0. The maximum atomic E-state index is 12.5. The first-order valence-corrected chi connectivity index (χ1v) is 7.73. The van der Waals surface area contributed by atoms with Gasteiger partial charge < -0.3 is 9.64 Å². The smallest absolute Gasteiger partial charge is 0.417 e. The Morgan fingerprint density at radius 1 is 1.16 bits per heavy atom. The van der Waals surface area contributed by atoms with Gasteiger partial charge in [-0.15, -0.1) is 0 Å². The highest BCUT2D eigenvalue weighted by molar-refractivity contribution is 5.94. The number of benzene rings is 1. The fourth-order valence-corrected chi connectivity index (χ4v) is 2.25. The molecule has 0 saturated heterocycles. The van der Waals surface area contributed by atoms with E-state index < -0.39 is 11.7 Å². The van der Waals surface area contributed by atoms with Crippen LogP contribution in [0.15, 0.2) is 42.6 Å². The molecule has 0 aliphatic rings. The summed E-state index contributed by atoms with van der Waals surface area (Å²) in [6.07, 6.45) is -3.72. The fraction of sp³-hybridized carbons (Fsp3) is 0.333. The molecular formula is C18H19F3N2O2. The average molecular weight is 352 g/mol. The summed E-state index contributed by atoms with van der Waals surface area (Å²) in [5.41, 5.74) is -0.329. The molecule has 0 aliphatic heterocycles. The lowest BCUT2D eigenvalue weighted by atomic mass is 10.1. The lowest BCUT2D eigenvalue weighted by Crippen LogP contribution is -2.30. The van der Waals surface area contributed by atoms with Crippen molar-refractivity contribution in [1.82, 2.24) is 9.88 Å². The summed E-state index contributed by atoms with van der Waals surface area (Å²) in [6, 6.07) is 8.43. The Hall–Kier alpha value is -2.57. The molecule has 4 nitrogen and oxygen atoms in total. The van der Waals surface area contributed by atoms with Gasteiger partial charge in [-0.1, -0.05) is 13.8 Å². The molecule has 1 aromatic carbocycles. The highest BCUT2D eigenvalue weighted by Gasteiger charge is 2.30. The van der Waals surface area contributed by atoms with Crippen LogP contribution < -0.4 is 4.74 Å². The lowest BCUT2D eigenvalue weighted by molar-refractivity contribution is -0.137. The molecule has 1 amide bonds. The van der Waals surface area contributed by atoms with Crippen molar-refractivity contribution in [2.75, 3.05) is 13.6 Å². The summed E-state index contributed by atoms with van der Waals surface area (Å²) >= 11 is 0. The molecule has 2 aromatic rings. The topological polar surface area (TPSA) is 42.4 Å². The van der Waals surface area contributed by atoms with E-state index in [1.807, 2.05) is 13.8 Å². The number of nitrogens with zero attached hydrogens (tertiary/aromatic N) is 2. The number of halogens is 3. The maximum absolute atomic E-state index is 12.5. The van der Waals surface area contributed by atoms with Crippen LogP contribution in [0.3, 0.4) is 0 Å². The van der Waals surface area contributed by atoms with Crippen LogP contribution in [0.1, 0.15) is 29.8 Å². The van der Waals surface area contributed by atoms with Crippen LogP contribution in [-0.4, -0.2) is 29.4 Å². The van der Waals surface area contributed by atoms with Crippen molar-refractivity contribution >= 4 is 5.91 Å². The van der Waals surface area contributed by atoms with Gasteiger partial charge >= 0.3 is 6.18 Å². The molecule has 0 saturated carbocycles. The molecule has 2 rings (SSSR count). The minimum absolute atomic E-state index is 0.0454. The lowest BCUT2D eigenvalue weighted by Gasteiger charge is -2.19. The zero-order chi connectivity index (χ0) is 18.6. The molecule has 0 aliphatic carbocycles. The number of carbonyl (C=O) groups is 1. The summed E-state index contributed by atoms with van der Waals surface area (Å²) in [7, 11) is 1.73. The van der Waals surface area contributed by atoms with Crippen molar-refractivity contribution in [2.24, 2.45) is 5.92 Å². The summed E-state index contributed by atoms with van der Waals surface area (Å²) in [4.78, 5) is 17.5. The Bertz CT molecular complexity index is 711. The van der Waals surface area contributed by atoms with Crippen molar-refractivity contribution in [3.8, 4) is 11.6 Å². The minimum atomic E-state index is -4.43. The predicted molar refractivity (Wildman–Crippen MR) is 87.6 cm³/mol. The highest BCUT2D eigenvalue weighted by atomic mass is 19.4. The van der Waals surface area contributed by atoms with Gasteiger partial charge in [0.05, 0.1) is 5.56 Å². The van der Waals surface area contributed by atoms with Crippen molar-refractivity contribution in [1.29, 1.82) is 0 Å². The van der Waals surface area contributed by atoms with Crippen molar-refractivity contribution in [3.63, 3.8) is 0 Å². The minimum Gasteiger partial charge on any atom is -0.439 e. The number of hydrogen-bond donors (Lipinski definition) is 0. The molecule has 134 valence electrons. The van der Waals surface area contributed by atoms with Gasteiger partial charge in [0.15, 0.2) is 0 Å². The number of carbonyl (C=O) groups excluding carboxylic acids is 1. The van der Waals surface area contributed by atoms with Gasteiger partial charge in [0.1, 0.15) is 5.75 Å². The molecule has 0 N–H and O–H groups in total. The van der Waals surface area contributed by atoms with Crippen LogP contribution in [0.25, 0.3) is 0 Å². The van der Waals surface area contributed by atoms with Crippen LogP contribution in [0, 0.1) is 5.92 Å². The van der Waals surface area contributed by atoms with Crippen LogP contribution in [0.5, 0.6) is 11.6 Å². The third kappa shape index (κ3) is 5.20. The third-order valence-corrected chi connectivity index (χ3v) is 3.37. The first-order valence-electron chi connectivity index (χ1n) is 7.73. The second-order valence-corrected chi connectivity index (χ2v) is 6.09. The van der Waals surface area contributed by atoms with E-state index in [1.165, 1.54) is 0 Å². The summed E-state index contributed by atoms with van der Waals surface area (Å²) < 4.78 is 42.9. The number of pyridine rings is 1. The zero-order valence-corrected chi connectivity index (χ0v) is 14.2. The molecule has 1 heterocycles. The molecule has 0 atom stereocenters.